The zero-order valence-corrected chi connectivity index (χ0v) is 29.3. The van der Waals surface area contributed by atoms with E-state index in [0.29, 0.717) is 0 Å². The molecule has 0 atom stereocenters. The van der Waals surface area contributed by atoms with E-state index in [2.05, 4.69) is 187 Å². The minimum absolute atomic E-state index is 0.854. The van der Waals surface area contributed by atoms with Crippen molar-refractivity contribution in [2.45, 2.75) is 13.3 Å². The molecular weight excluding hydrogens is 641 g/mol. The highest BCUT2D eigenvalue weighted by Gasteiger charge is 2.31. The first-order valence-electron chi connectivity index (χ1n) is 18.5. The van der Waals surface area contributed by atoms with Gasteiger partial charge in [-0.15, -0.1) is 0 Å². The molecule has 0 fully saturated rings. The topological polar surface area (TPSA) is 17.8 Å². The Bertz CT molecular complexity index is 3070. The van der Waals surface area contributed by atoms with Gasteiger partial charge in [-0.05, 0) is 118 Å². The van der Waals surface area contributed by atoms with Crippen LogP contribution in [-0.4, -0.2) is 9.55 Å². The average molecular weight is 675 g/mol. The number of aryl methyl sites for hydroxylation is 1. The summed E-state index contributed by atoms with van der Waals surface area (Å²) >= 11 is 0. The number of fused-ring (bicyclic) bond motifs is 6. The van der Waals surface area contributed by atoms with Gasteiger partial charge in [0.2, 0.25) is 0 Å². The van der Waals surface area contributed by atoms with Crippen molar-refractivity contribution in [3.8, 4) is 61.3 Å². The van der Waals surface area contributed by atoms with Gasteiger partial charge in [-0.2, -0.15) is 0 Å². The number of hydrogen-bond donors (Lipinski definition) is 0. The second-order valence-electron chi connectivity index (χ2n) is 14.1. The monoisotopic (exact) mass is 674 g/mol. The Balaban J connectivity index is 1.27. The molecule has 1 aliphatic rings. The standard InChI is InChI=1S/C51H34N2/c1-2-47-52-45-25-7-8-26-46(45)53(47)36-29-27-34(28-30-36)43-31-44(39-21-9-15-32-13-3-5-19-37(32)39)50-41-23-11-17-35-18-12-24-42(48(35)41)51(50)49(43)40-22-10-16-33-14-4-6-20-38(33)40/h3-31H,2H2,1H3. The summed E-state index contributed by atoms with van der Waals surface area (Å²) in [4.78, 5) is 4.98. The largest absolute Gasteiger partial charge is 0.296 e. The molecule has 2 nitrogen and oxygen atoms in total. The average Bonchev–Trinajstić information content (AvgIpc) is 3.77. The fourth-order valence-electron chi connectivity index (χ4n) is 9.00. The molecule has 53 heavy (non-hydrogen) atoms. The van der Waals surface area contributed by atoms with E-state index in [1.807, 2.05) is 0 Å². The zero-order chi connectivity index (χ0) is 35.0. The lowest BCUT2D eigenvalue weighted by Gasteiger charge is -2.22. The predicted octanol–water partition coefficient (Wildman–Crippen LogP) is 13.7. The van der Waals surface area contributed by atoms with E-state index in [-0.39, 0.29) is 0 Å². The zero-order valence-electron chi connectivity index (χ0n) is 29.3. The Morgan fingerprint density at radius 2 is 0.981 bits per heavy atom. The van der Waals surface area contributed by atoms with Crippen molar-refractivity contribution >= 4 is 43.4 Å². The molecule has 1 aliphatic carbocycles. The van der Waals surface area contributed by atoms with Crippen LogP contribution in [0, 0.1) is 0 Å². The van der Waals surface area contributed by atoms with Crippen LogP contribution in [0.1, 0.15) is 12.7 Å². The number of benzene rings is 9. The van der Waals surface area contributed by atoms with Gasteiger partial charge in [0.05, 0.1) is 11.0 Å². The van der Waals surface area contributed by atoms with Gasteiger partial charge in [0.15, 0.2) is 0 Å². The highest BCUT2D eigenvalue weighted by molar-refractivity contribution is 6.24. The Labute approximate surface area is 308 Å². The Morgan fingerprint density at radius 1 is 0.434 bits per heavy atom. The molecule has 10 aromatic rings. The molecule has 9 aromatic carbocycles. The molecule has 1 heterocycles. The molecule has 0 amide bonds. The van der Waals surface area contributed by atoms with Gasteiger partial charge < -0.3 is 0 Å². The molecule has 0 saturated heterocycles. The number of aromatic nitrogens is 2. The van der Waals surface area contributed by atoms with Gasteiger partial charge in [-0.3, -0.25) is 4.57 Å². The maximum absolute atomic E-state index is 4.98. The van der Waals surface area contributed by atoms with E-state index in [9.17, 15) is 0 Å². The number of imidazole rings is 1. The third kappa shape index (κ3) is 4.42. The first kappa shape index (κ1) is 29.9. The maximum Gasteiger partial charge on any atom is 0.114 e. The molecule has 1 aromatic heterocycles. The van der Waals surface area contributed by atoms with Crippen molar-refractivity contribution in [1.82, 2.24) is 9.55 Å². The fourth-order valence-corrected chi connectivity index (χ4v) is 9.00. The van der Waals surface area contributed by atoms with Crippen molar-refractivity contribution in [2.75, 3.05) is 0 Å². The first-order chi connectivity index (χ1) is 26.3. The minimum atomic E-state index is 0.854. The van der Waals surface area contributed by atoms with E-state index in [1.165, 1.54) is 88.0 Å². The second-order valence-corrected chi connectivity index (χ2v) is 14.1. The van der Waals surface area contributed by atoms with Crippen LogP contribution in [0.3, 0.4) is 0 Å². The highest BCUT2D eigenvalue weighted by Crippen LogP contribution is 2.58. The lowest BCUT2D eigenvalue weighted by Crippen LogP contribution is -2.00. The molecule has 0 spiro atoms. The van der Waals surface area contributed by atoms with E-state index in [0.717, 1.165) is 29.0 Å². The number of para-hydroxylation sites is 2. The summed E-state index contributed by atoms with van der Waals surface area (Å²) in [6.07, 6.45) is 0.854. The van der Waals surface area contributed by atoms with E-state index >= 15 is 0 Å². The Kier molecular flexibility index (Phi) is 6.56. The van der Waals surface area contributed by atoms with Crippen molar-refractivity contribution in [3.63, 3.8) is 0 Å². The summed E-state index contributed by atoms with van der Waals surface area (Å²) in [5.41, 5.74) is 16.0. The van der Waals surface area contributed by atoms with Crippen LogP contribution in [0.15, 0.2) is 176 Å². The molecule has 0 unspecified atom stereocenters. The lowest BCUT2D eigenvalue weighted by atomic mass is 9.80. The van der Waals surface area contributed by atoms with E-state index in [1.54, 1.807) is 0 Å². The van der Waals surface area contributed by atoms with Gasteiger partial charge >= 0.3 is 0 Å². The molecule has 0 aliphatic heterocycles. The highest BCUT2D eigenvalue weighted by atomic mass is 15.1. The first-order valence-corrected chi connectivity index (χ1v) is 18.5. The number of hydrogen-bond acceptors (Lipinski definition) is 1. The summed E-state index contributed by atoms with van der Waals surface area (Å²) < 4.78 is 2.31. The molecule has 0 N–H and O–H groups in total. The third-order valence-electron chi connectivity index (χ3n) is 11.3. The summed E-state index contributed by atoms with van der Waals surface area (Å²) in [6, 6.07) is 64.9. The van der Waals surface area contributed by atoms with Crippen LogP contribution in [0.4, 0.5) is 0 Å². The molecule has 248 valence electrons. The van der Waals surface area contributed by atoms with Gasteiger partial charge in [-0.1, -0.05) is 153 Å². The van der Waals surface area contributed by atoms with Crippen LogP contribution in [0.25, 0.3) is 105 Å². The van der Waals surface area contributed by atoms with E-state index in [4.69, 9.17) is 4.98 Å². The lowest BCUT2D eigenvalue weighted by molar-refractivity contribution is 0.908. The van der Waals surface area contributed by atoms with Crippen molar-refractivity contribution in [1.29, 1.82) is 0 Å². The molecule has 0 saturated carbocycles. The van der Waals surface area contributed by atoms with Crippen molar-refractivity contribution in [2.24, 2.45) is 0 Å². The molecule has 0 bridgehead atoms. The molecule has 11 rings (SSSR count). The maximum atomic E-state index is 4.98. The van der Waals surface area contributed by atoms with Gasteiger partial charge in [-0.25, -0.2) is 4.98 Å². The normalized spacial score (nSPS) is 11.9. The Hall–Kier alpha value is -6.77. The van der Waals surface area contributed by atoms with Gasteiger partial charge in [0.25, 0.3) is 0 Å². The third-order valence-corrected chi connectivity index (χ3v) is 11.3. The molecule has 0 radical (unpaired) electrons. The summed E-state index contributed by atoms with van der Waals surface area (Å²) in [7, 11) is 0. The van der Waals surface area contributed by atoms with Crippen molar-refractivity contribution in [3.05, 3.63) is 182 Å². The van der Waals surface area contributed by atoms with Crippen LogP contribution in [0.5, 0.6) is 0 Å². The predicted molar refractivity (Wildman–Crippen MR) is 224 cm³/mol. The minimum Gasteiger partial charge on any atom is -0.296 e. The van der Waals surface area contributed by atoms with Crippen LogP contribution < -0.4 is 0 Å². The van der Waals surface area contributed by atoms with Crippen LogP contribution >= 0.6 is 0 Å². The summed E-state index contributed by atoms with van der Waals surface area (Å²) in [5.74, 6) is 1.07. The second kappa shape index (κ2) is 11.6. The van der Waals surface area contributed by atoms with E-state index < -0.39 is 0 Å². The number of rotatable bonds is 5. The Morgan fingerprint density at radius 3 is 1.70 bits per heavy atom. The van der Waals surface area contributed by atoms with Gasteiger partial charge in [0.1, 0.15) is 5.82 Å². The quantitative estimate of drug-likeness (QED) is 0.178. The fraction of sp³-hybridized carbons (Fsp3) is 0.0392. The van der Waals surface area contributed by atoms with Gasteiger partial charge in [0, 0.05) is 12.1 Å². The smallest absolute Gasteiger partial charge is 0.114 e. The van der Waals surface area contributed by atoms with Crippen LogP contribution in [0.2, 0.25) is 0 Å². The summed E-state index contributed by atoms with van der Waals surface area (Å²) in [6.45, 7) is 2.18. The number of nitrogens with zero attached hydrogens (tertiary/aromatic N) is 2. The van der Waals surface area contributed by atoms with Crippen molar-refractivity contribution < 1.29 is 0 Å². The van der Waals surface area contributed by atoms with Crippen LogP contribution in [-0.2, 0) is 6.42 Å². The molecule has 2 heteroatoms. The molecular formula is C51H34N2. The summed E-state index contributed by atoms with van der Waals surface area (Å²) in [5, 5.41) is 7.61. The SMILES string of the molecule is CCc1nc2ccccc2n1-c1ccc(-c2cc(-c3cccc4ccccc34)c3c(c2-c2cccc4ccccc24)-c2cccc4cccc-3c24)cc1.